The van der Waals surface area contributed by atoms with Crippen LogP contribution in [-0.4, -0.2) is 28.1 Å². The van der Waals surface area contributed by atoms with Crippen molar-refractivity contribution in [2.45, 2.75) is 51.1 Å². The van der Waals surface area contributed by atoms with Crippen molar-refractivity contribution in [1.29, 1.82) is 0 Å². The molecule has 9 heteroatoms. The topological polar surface area (TPSA) is 90.9 Å². The molecule has 2 aromatic rings. The lowest BCUT2D eigenvalue weighted by molar-refractivity contribution is 0.370. The largest absolute Gasteiger partial charge is 0.339 e. The van der Waals surface area contributed by atoms with Crippen LogP contribution < -0.4 is 0 Å². The molecule has 0 spiro atoms. The Labute approximate surface area is 127 Å². The molecule has 0 radical (unpaired) electrons. The molecule has 0 unspecified atom stereocenters. The summed E-state index contributed by atoms with van der Waals surface area (Å²) in [6, 6.07) is 0. The number of hydrogen-bond donors (Lipinski definition) is 0. The van der Waals surface area contributed by atoms with Gasteiger partial charge in [0, 0.05) is 29.2 Å². The average molecular weight is 333 g/mol. The van der Waals surface area contributed by atoms with Crippen LogP contribution in [0.1, 0.15) is 50.6 Å². The summed E-state index contributed by atoms with van der Waals surface area (Å²) in [5.41, 5.74) is 0. The summed E-state index contributed by atoms with van der Waals surface area (Å²) in [5, 5.41) is 3.72. The predicted octanol–water partition coefficient (Wildman–Crippen LogP) is 2.32. The zero-order chi connectivity index (χ0) is 15.6. The molecule has 0 N–H and O–H groups in total. The first-order valence-corrected chi connectivity index (χ1v) is 8.95. The minimum Gasteiger partial charge on any atom is -0.339 e. The second kappa shape index (κ2) is 6.15. The van der Waals surface area contributed by atoms with E-state index in [1.807, 2.05) is 20.8 Å². The number of rotatable bonds is 6. The van der Waals surface area contributed by atoms with Gasteiger partial charge in [0.1, 0.15) is 5.82 Å². The Kier molecular flexibility index (Phi) is 4.67. The van der Waals surface area contributed by atoms with E-state index in [1.165, 1.54) is 6.20 Å². The first-order valence-electron chi connectivity index (χ1n) is 6.64. The summed E-state index contributed by atoms with van der Waals surface area (Å²) in [6.07, 6.45) is 3.03. The molecule has 0 aliphatic rings. The van der Waals surface area contributed by atoms with Crippen LogP contribution in [0.5, 0.6) is 0 Å². The van der Waals surface area contributed by atoms with Gasteiger partial charge in [-0.3, -0.25) is 0 Å². The highest BCUT2D eigenvalue weighted by atomic mass is 35.7. The van der Waals surface area contributed by atoms with Crippen LogP contribution in [0.2, 0.25) is 0 Å². The fraction of sp³-hybridized carbons (Fsp3) is 0.583. The Morgan fingerprint density at radius 2 is 2.10 bits per heavy atom. The summed E-state index contributed by atoms with van der Waals surface area (Å²) in [6.45, 7) is 6.15. The maximum Gasteiger partial charge on any atom is 0.280 e. The van der Waals surface area contributed by atoms with Crippen LogP contribution >= 0.6 is 10.7 Å². The van der Waals surface area contributed by atoms with E-state index < -0.39 is 9.05 Å². The van der Waals surface area contributed by atoms with Crippen LogP contribution in [0.15, 0.2) is 15.7 Å². The fourth-order valence-electron chi connectivity index (χ4n) is 1.93. The van der Waals surface area contributed by atoms with E-state index in [0.29, 0.717) is 24.1 Å². The molecule has 116 valence electrons. The molecule has 2 rings (SSSR count). The number of hydrogen-bond acceptors (Lipinski definition) is 6. The molecule has 0 atom stereocenters. The molecule has 2 heterocycles. The number of aromatic nitrogens is 4. The number of imidazole rings is 1. The molecular formula is C12H17ClN4O3S. The second-order valence-electron chi connectivity index (χ2n) is 5.01. The van der Waals surface area contributed by atoms with Crippen LogP contribution in [0.25, 0.3) is 0 Å². The van der Waals surface area contributed by atoms with E-state index in [9.17, 15) is 8.42 Å². The van der Waals surface area contributed by atoms with Crippen molar-refractivity contribution < 1.29 is 12.9 Å². The van der Waals surface area contributed by atoms with Crippen LogP contribution in [-0.2, 0) is 22.0 Å². The van der Waals surface area contributed by atoms with Gasteiger partial charge in [0.2, 0.25) is 5.89 Å². The van der Waals surface area contributed by atoms with Crippen LogP contribution in [0, 0.1) is 0 Å². The Bertz CT molecular complexity index is 721. The van der Waals surface area contributed by atoms with Gasteiger partial charge in [0.25, 0.3) is 9.05 Å². The first kappa shape index (κ1) is 16.0. The molecule has 21 heavy (non-hydrogen) atoms. The van der Waals surface area contributed by atoms with E-state index in [0.717, 1.165) is 12.8 Å². The van der Waals surface area contributed by atoms with Crippen molar-refractivity contribution in [2.24, 2.45) is 0 Å². The van der Waals surface area contributed by atoms with E-state index in [-0.39, 0.29) is 10.9 Å². The minimum absolute atomic E-state index is 0.0409. The minimum atomic E-state index is -3.86. The molecule has 0 saturated heterocycles. The number of aryl methyl sites for hydroxylation is 1. The van der Waals surface area contributed by atoms with Gasteiger partial charge in [-0.05, 0) is 6.42 Å². The van der Waals surface area contributed by atoms with Gasteiger partial charge in [-0.15, -0.1) is 0 Å². The zero-order valence-electron chi connectivity index (χ0n) is 12.1. The predicted molar refractivity (Wildman–Crippen MR) is 76.7 cm³/mol. The third-order valence-corrected chi connectivity index (χ3v) is 4.01. The summed E-state index contributed by atoms with van der Waals surface area (Å²) in [5.74, 6) is 1.70. The SMILES string of the molecule is CCCc1nc(Cn2cc(S(=O)(=O)Cl)nc2C(C)C)no1. The van der Waals surface area contributed by atoms with Crippen molar-refractivity contribution >= 4 is 19.7 Å². The van der Waals surface area contributed by atoms with Crippen molar-refractivity contribution in [3.8, 4) is 0 Å². The molecule has 2 aromatic heterocycles. The highest BCUT2D eigenvalue weighted by Gasteiger charge is 2.20. The van der Waals surface area contributed by atoms with E-state index >= 15 is 0 Å². The van der Waals surface area contributed by atoms with Gasteiger partial charge in [-0.2, -0.15) is 4.98 Å². The lowest BCUT2D eigenvalue weighted by Gasteiger charge is -2.07. The average Bonchev–Trinajstić information content (AvgIpc) is 2.96. The van der Waals surface area contributed by atoms with Crippen molar-refractivity contribution in [3.63, 3.8) is 0 Å². The molecule has 0 amide bonds. The summed E-state index contributed by atoms with van der Waals surface area (Å²) >= 11 is 0. The van der Waals surface area contributed by atoms with E-state index in [2.05, 4.69) is 15.1 Å². The fourth-order valence-corrected chi connectivity index (χ4v) is 2.61. The quantitative estimate of drug-likeness (QED) is 0.754. The molecule has 0 aliphatic heterocycles. The molecular weight excluding hydrogens is 316 g/mol. The van der Waals surface area contributed by atoms with Gasteiger partial charge in [0.15, 0.2) is 10.9 Å². The van der Waals surface area contributed by atoms with E-state index in [4.69, 9.17) is 15.2 Å². The van der Waals surface area contributed by atoms with E-state index in [1.54, 1.807) is 4.57 Å². The lowest BCUT2D eigenvalue weighted by atomic mass is 10.2. The lowest BCUT2D eigenvalue weighted by Crippen LogP contribution is -2.07. The molecule has 0 saturated carbocycles. The van der Waals surface area contributed by atoms with Crippen LogP contribution in [0.4, 0.5) is 0 Å². The summed E-state index contributed by atoms with van der Waals surface area (Å²) in [7, 11) is 1.49. The maximum atomic E-state index is 11.4. The summed E-state index contributed by atoms with van der Waals surface area (Å²) < 4.78 is 29.6. The highest BCUT2D eigenvalue weighted by Crippen LogP contribution is 2.20. The van der Waals surface area contributed by atoms with Gasteiger partial charge in [-0.1, -0.05) is 25.9 Å². The Balaban J connectivity index is 2.31. The molecule has 0 aromatic carbocycles. The van der Waals surface area contributed by atoms with Crippen molar-refractivity contribution in [3.05, 3.63) is 23.7 Å². The first-order chi connectivity index (χ1) is 9.81. The molecule has 0 fully saturated rings. The Hall–Kier alpha value is -1.41. The summed E-state index contributed by atoms with van der Waals surface area (Å²) in [4.78, 5) is 8.34. The molecule has 7 nitrogen and oxygen atoms in total. The molecule has 0 bridgehead atoms. The highest BCUT2D eigenvalue weighted by molar-refractivity contribution is 8.13. The van der Waals surface area contributed by atoms with Crippen molar-refractivity contribution in [1.82, 2.24) is 19.7 Å². The monoisotopic (exact) mass is 332 g/mol. The van der Waals surface area contributed by atoms with Gasteiger partial charge >= 0.3 is 0 Å². The normalized spacial score (nSPS) is 12.2. The standard InChI is InChI=1S/C12H17ClN4O3S/c1-4-5-10-14-9(16-20-10)6-17-7-11(21(13,18)19)15-12(17)8(2)3/h7-8H,4-6H2,1-3H3. The third kappa shape index (κ3) is 3.82. The Morgan fingerprint density at radius 3 is 2.67 bits per heavy atom. The maximum absolute atomic E-state index is 11.4. The van der Waals surface area contributed by atoms with Gasteiger partial charge in [0.05, 0.1) is 6.54 Å². The van der Waals surface area contributed by atoms with Crippen LogP contribution in [0.3, 0.4) is 0 Å². The zero-order valence-corrected chi connectivity index (χ0v) is 13.6. The van der Waals surface area contributed by atoms with Gasteiger partial charge < -0.3 is 9.09 Å². The number of halogens is 1. The second-order valence-corrected chi connectivity index (χ2v) is 7.52. The van der Waals surface area contributed by atoms with Gasteiger partial charge in [-0.25, -0.2) is 13.4 Å². The molecule has 0 aliphatic carbocycles. The Morgan fingerprint density at radius 1 is 1.38 bits per heavy atom. The smallest absolute Gasteiger partial charge is 0.280 e. The third-order valence-electron chi connectivity index (χ3n) is 2.84. The van der Waals surface area contributed by atoms with Crippen molar-refractivity contribution in [2.75, 3.05) is 0 Å². The number of nitrogens with zero attached hydrogens (tertiary/aromatic N) is 4.